The van der Waals surface area contributed by atoms with Crippen LogP contribution in [0.4, 0.5) is 0 Å². The number of carbonyl (C=O) groups excluding carboxylic acids is 1. The molecule has 0 aliphatic rings. The molecule has 0 spiro atoms. The number of unbranched alkanes of at least 4 members (excludes halogenated alkanes) is 1. The first-order chi connectivity index (χ1) is 16.8. The molecule has 0 amide bonds. The van der Waals surface area contributed by atoms with E-state index in [0.717, 1.165) is 33.0 Å². The highest BCUT2D eigenvalue weighted by Crippen LogP contribution is 2.31. The summed E-state index contributed by atoms with van der Waals surface area (Å²) in [7, 11) is 2.81. The standard InChI is InChI=1S/C27H31N3O5/c1-6-7-11-22(26(32)35-5)30-25(31)19-13-12-18(34-4)14-23(19)29(27(30)33)17(3)20-15-28-21-10-8-9-16(2)24(20)21/h8-10,12-15,17,22,28H,6-7,11H2,1-5H3. The fourth-order valence-electron chi connectivity index (χ4n) is 4.86. The van der Waals surface area contributed by atoms with E-state index in [0.29, 0.717) is 29.5 Å². The number of hydrogen-bond acceptors (Lipinski definition) is 5. The van der Waals surface area contributed by atoms with Crippen molar-refractivity contribution in [2.75, 3.05) is 14.2 Å². The topological polar surface area (TPSA) is 95.3 Å². The Labute approximate surface area is 203 Å². The number of hydrogen-bond donors (Lipinski definition) is 1. The summed E-state index contributed by atoms with van der Waals surface area (Å²) in [6, 6.07) is 9.56. The Bertz CT molecular complexity index is 1510. The largest absolute Gasteiger partial charge is 0.497 e. The molecule has 2 heterocycles. The lowest BCUT2D eigenvalue weighted by Crippen LogP contribution is -2.45. The molecule has 0 bridgehead atoms. The van der Waals surface area contributed by atoms with Crippen LogP contribution in [0.5, 0.6) is 5.75 Å². The highest BCUT2D eigenvalue weighted by Gasteiger charge is 2.29. The van der Waals surface area contributed by atoms with Gasteiger partial charge < -0.3 is 14.5 Å². The third kappa shape index (κ3) is 4.13. The monoisotopic (exact) mass is 477 g/mol. The Hall–Kier alpha value is -3.81. The van der Waals surface area contributed by atoms with E-state index >= 15 is 0 Å². The van der Waals surface area contributed by atoms with E-state index in [9.17, 15) is 14.4 Å². The molecule has 0 aliphatic heterocycles. The van der Waals surface area contributed by atoms with Crippen molar-refractivity contribution in [1.82, 2.24) is 14.1 Å². The summed E-state index contributed by atoms with van der Waals surface area (Å²) in [5.41, 5.74) is 2.33. The van der Waals surface area contributed by atoms with Gasteiger partial charge in [0.1, 0.15) is 11.8 Å². The molecular formula is C27H31N3O5. The second kappa shape index (κ2) is 9.82. The van der Waals surface area contributed by atoms with Crippen LogP contribution in [0.1, 0.15) is 56.3 Å². The van der Waals surface area contributed by atoms with Gasteiger partial charge in [-0.25, -0.2) is 14.2 Å². The SMILES string of the molecule is CCCCC(C(=O)OC)n1c(=O)c2ccc(OC)cc2n(C(C)c2c[nH]c3cccc(C)c23)c1=O. The Morgan fingerprint density at radius 3 is 2.57 bits per heavy atom. The molecule has 8 nitrogen and oxygen atoms in total. The van der Waals surface area contributed by atoms with Crippen molar-refractivity contribution in [2.24, 2.45) is 0 Å². The van der Waals surface area contributed by atoms with Crippen LogP contribution in [-0.4, -0.2) is 34.3 Å². The van der Waals surface area contributed by atoms with Gasteiger partial charge in [0.15, 0.2) is 0 Å². The van der Waals surface area contributed by atoms with Crippen LogP contribution in [0, 0.1) is 6.92 Å². The van der Waals surface area contributed by atoms with Gasteiger partial charge in [-0.3, -0.25) is 9.36 Å². The zero-order valence-electron chi connectivity index (χ0n) is 20.8. The maximum atomic E-state index is 14.1. The molecule has 8 heteroatoms. The molecule has 4 rings (SSSR count). The first-order valence-corrected chi connectivity index (χ1v) is 11.8. The van der Waals surface area contributed by atoms with E-state index in [4.69, 9.17) is 9.47 Å². The van der Waals surface area contributed by atoms with E-state index in [-0.39, 0.29) is 0 Å². The molecule has 2 aromatic carbocycles. The van der Waals surface area contributed by atoms with Gasteiger partial charge in [0.25, 0.3) is 5.56 Å². The number of carbonyl (C=O) groups is 1. The summed E-state index contributed by atoms with van der Waals surface area (Å²) < 4.78 is 13.0. The average Bonchev–Trinajstić information content (AvgIpc) is 3.30. The van der Waals surface area contributed by atoms with Crippen molar-refractivity contribution in [2.45, 2.75) is 52.1 Å². The quantitative estimate of drug-likeness (QED) is 0.378. The second-order valence-electron chi connectivity index (χ2n) is 8.81. The summed E-state index contributed by atoms with van der Waals surface area (Å²) in [4.78, 5) is 43.7. The lowest BCUT2D eigenvalue weighted by atomic mass is 10.0. The van der Waals surface area contributed by atoms with E-state index in [1.54, 1.807) is 22.8 Å². The summed E-state index contributed by atoms with van der Waals surface area (Å²) in [5.74, 6) is -0.0757. The highest BCUT2D eigenvalue weighted by atomic mass is 16.5. The van der Waals surface area contributed by atoms with Crippen molar-refractivity contribution >= 4 is 27.8 Å². The van der Waals surface area contributed by atoms with Crippen molar-refractivity contribution in [3.63, 3.8) is 0 Å². The number of ether oxygens (including phenoxy) is 2. The van der Waals surface area contributed by atoms with Crippen LogP contribution in [0.3, 0.4) is 0 Å². The number of aromatic amines is 1. The third-order valence-corrected chi connectivity index (χ3v) is 6.72. The zero-order valence-corrected chi connectivity index (χ0v) is 20.8. The molecular weight excluding hydrogens is 446 g/mol. The van der Waals surface area contributed by atoms with Crippen LogP contribution >= 0.6 is 0 Å². The molecule has 2 atom stereocenters. The minimum absolute atomic E-state index is 0.333. The lowest BCUT2D eigenvalue weighted by Gasteiger charge is -2.23. The summed E-state index contributed by atoms with van der Waals surface area (Å²) in [5, 5.41) is 1.36. The summed E-state index contributed by atoms with van der Waals surface area (Å²) in [6.07, 6.45) is 3.71. The number of esters is 1. The number of aromatic nitrogens is 3. The van der Waals surface area contributed by atoms with Gasteiger partial charge in [0, 0.05) is 28.7 Å². The molecule has 2 unspecified atom stereocenters. The fourth-order valence-corrected chi connectivity index (χ4v) is 4.86. The fraction of sp³-hybridized carbons (Fsp3) is 0.370. The van der Waals surface area contributed by atoms with E-state index in [1.165, 1.54) is 14.2 Å². The van der Waals surface area contributed by atoms with Crippen LogP contribution in [0.2, 0.25) is 0 Å². The van der Waals surface area contributed by atoms with Crippen molar-refractivity contribution in [3.05, 3.63) is 74.6 Å². The predicted octanol–water partition coefficient (Wildman–Crippen LogP) is 4.48. The molecule has 0 fully saturated rings. The number of methoxy groups -OCH3 is 2. The number of H-pyrrole nitrogens is 1. The Morgan fingerprint density at radius 1 is 1.11 bits per heavy atom. The molecule has 1 N–H and O–H groups in total. The normalized spacial score (nSPS) is 13.2. The van der Waals surface area contributed by atoms with Crippen LogP contribution in [-0.2, 0) is 9.53 Å². The van der Waals surface area contributed by atoms with E-state index in [2.05, 4.69) is 4.98 Å². The molecule has 0 aliphatic carbocycles. The van der Waals surface area contributed by atoms with Gasteiger partial charge in [-0.05, 0) is 44.0 Å². The summed E-state index contributed by atoms with van der Waals surface area (Å²) >= 11 is 0. The predicted molar refractivity (Wildman–Crippen MR) is 136 cm³/mol. The Balaban J connectivity index is 2.07. The zero-order chi connectivity index (χ0) is 25.3. The minimum Gasteiger partial charge on any atom is -0.497 e. The van der Waals surface area contributed by atoms with Crippen LogP contribution < -0.4 is 16.0 Å². The number of nitrogens with zero attached hydrogens (tertiary/aromatic N) is 2. The lowest BCUT2D eigenvalue weighted by molar-refractivity contribution is -0.145. The Morgan fingerprint density at radius 2 is 1.89 bits per heavy atom. The van der Waals surface area contributed by atoms with Gasteiger partial charge in [-0.2, -0.15) is 0 Å². The number of benzene rings is 2. The first kappa shape index (κ1) is 24.3. The van der Waals surface area contributed by atoms with Gasteiger partial charge in [0.2, 0.25) is 0 Å². The molecule has 184 valence electrons. The highest BCUT2D eigenvalue weighted by molar-refractivity contribution is 5.87. The number of aryl methyl sites for hydroxylation is 1. The number of rotatable bonds is 8. The van der Waals surface area contributed by atoms with Gasteiger partial charge in [-0.15, -0.1) is 0 Å². The summed E-state index contributed by atoms with van der Waals surface area (Å²) in [6.45, 7) is 5.93. The average molecular weight is 478 g/mol. The third-order valence-electron chi connectivity index (χ3n) is 6.72. The van der Waals surface area contributed by atoms with Crippen molar-refractivity contribution < 1.29 is 14.3 Å². The van der Waals surface area contributed by atoms with Crippen molar-refractivity contribution in [3.8, 4) is 5.75 Å². The molecule has 35 heavy (non-hydrogen) atoms. The molecule has 0 saturated heterocycles. The van der Waals surface area contributed by atoms with Gasteiger partial charge >= 0.3 is 11.7 Å². The maximum absolute atomic E-state index is 14.1. The molecule has 2 aromatic heterocycles. The number of fused-ring (bicyclic) bond motifs is 2. The van der Waals surface area contributed by atoms with Crippen molar-refractivity contribution in [1.29, 1.82) is 0 Å². The van der Waals surface area contributed by atoms with Crippen LogP contribution in [0.15, 0.2) is 52.2 Å². The van der Waals surface area contributed by atoms with E-state index in [1.807, 2.05) is 45.2 Å². The Kier molecular flexibility index (Phi) is 6.82. The van der Waals surface area contributed by atoms with Gasteiger partial charge in [-0.1, -0.05) is 31.9 Å². The van der Waals surface area contributed by atoms with Crippen LogP contribution in [0.25, 0.3) is 21.8 Å². The smallest absolute Gasteiger partial charge is 0.332 e. The maximum Gasteiger partial charge on any atom is 0.332 e. The molecule has 4 aromatic rings. The van der Waals surface area contributed by atoms with Gasteiger partial charge in [0.05, 0.1) is 31.2 Å². The van der Waals surface area contributed by atoms with E-state index < -0.39 is 29.3 Å². The first-order valence-electron chi connectivity index (χ1n) is 11.8. The minimum atomic E-state index is -1.00. The molecule has 0 saturated carbocycles. The molecule has 0 radical (unpaired) electrons. The number of nitrogens with one attached hydrogen (secondary N) is 1. The second-order valence-corrected chi connectivity index (χ2v) is 8.81.